The molecule has 0 aliphatic carbocycles. The average Bonchev–Trinajstić information content (AvgIpc) is 3.12. The van der Waals surface area contributed by atoms with Crippen LogP contribution < -0.4 is 16.2 Å². The molecule has 0 fully saturated rings. The molecule has 134 valence electrons. The number of nitrogens with zero attached hydrogens (tertiary/aromatic N) is 2. The molecule has 0 atom stereocenters. The molecule has 0 spiro atoms. The van der Waals surface area contributed by atoms with Crippen molar-refractivity contribution in [2.45, 2.75) is 19.9 Å². The van der Waals surface area contributed by atoms with E-state index < -0.39 is 5.91 Å². The molecule has 2 amide bonds. The molecular formula is C18H18N4O3S. The molecule has 2 heterocycles. The molecule has 3 rings (SSSR count). The number of carbonyl (C=O) groups is 2. The first-order valence-electron chi connectivity index (χ1n) is 8.15. The van der Waals surface area contributed by atoms with Crippen LogP contribution in [-0.2, 0) is 22.6 Å². The maximum Gasteiger partial charge on any atom is 0.262 e. The van der Waals surface area contributed by atoms with Crippen LogP contribution in [0.2, 0.25) is 0 Å². The number of hydrogen-bond donors (Lipinski definition) is 2. The number of hydrogen-bond acceptors (Lipinski definition) is 5. The third-order valence-corrected chi connectivity index (χ3v) is 4.70. The summed E-state index contributed by atoms with van der Waals surface area (Å²) in [6, 6.07) is 9.19. The van der Waals surface area contributed by atoms with Gasteiger partial charge in [-0.25, -0.2) is 4.98 Å². The van der Waals surface area contributed by atoms with Crippen molar-refractivity contribution in [1.29, 1.82) is 0 Å². The van der Waals surface area contributed by atoms with Crippen molar-refractivity contribution in [3.05, 3.63) is 58.0 Å². The molecule has 1 aromatic carbocycles. The number of rotatable bonds is 6. The lowest BCUT2D eigenvalue weighted by molar-refractivity contribution is -0.124. The lowest BCUT2D eigenvalue weighted by Crippen LogP contribution is -2.37. The van der Waals surface area contributed by atoms with E-state index in [9.17, 15) is 14.4 Å². The highest BCUT2D eigenvalue weighted by Crippen LogP contribution is 2.15. The molecule has 2 N–H and O–H groups in total. The van der Waals surface area contributed by atoms with E-state index in [2.05, 4.69) is 15.6 Å². The van der Waals surface area contributed by atoms with E-state index in [4.69, 9.17) is 0 Å². The first-order valence-corrected chi connectivity index (χ1v) is 9.03. The summed E-state index contributed by atoms with van der Waals surface area (Å²) in [5.74, 6) is -0.750. The number of benzene rings is 1. The van der Waals surface area contributed by atoms with Crippen LogP contribution in [0.5, 0.6) is 0 Å². The molecule has 2 aromatic heterocycles. The fourth-order valence-electron chi connectivity index (χ4n) is 2.54. The summed E-state index contributed by atoms with van der Waals surface area (Å²) in [5.41, 5.74) is 1.49. The minimum atomic E-state index is -0.428. The van der Waals surface area contributed by atoms with Gasteiger partial charge in [0, 0.05) is 5.69 Å². The molecule has 0 aliphatic rings. The Labute approximate surface area is 153 Å². The van der Waals surface area contributed by atoms with Gasteiger partial charge >= 0.3 is 0 Å². The second-order valence-corrected chi connectivity index (χ2v) is 6.55. The van der Waals surface area contributed by atoms with Crippen LogP contribution in [0, 0.1) is 0 Å². The Morgan fingerprint density at radius 2 is 2.00 bits per heavy atom. The molecule has 8 heteroatoms. The summed E-state index contributed by atoms with van der Waals surface area (Å²) >= 11 is 1.37. The Hall–Kier alpha value is -3.00. The monoisotopic (exact) mass is 370 g/mol. The number of aromatic nitrogens is 2. The smallest absolute Gasteiger partial charge is 0.262 e. The van der Waals surface area contributed by atoms with Gasteiger partial charge < -0.3 is 10.6 Å². The van der Waals surface area contributed by atoms with Gasteiger partial charge in [-0.05, 0) is 29.5 Å². The Morgan fingerprint density at radius 3 is 2.81 bits per heavy atom. The number of nitrogens with one attached hydrogen (secondary N) is 2. The largest absolute Gasteiger partial charge is 0.345 e. The first-order chi connectivity index (χ1) is 12.6. The van der Waals surface area contributed by atoms with Gasteiger partial charge in [0.05, 0.1) is 18.3 Å². The molecule has 26 heavy (non-hydrogen) atoms. The number of aryl methyl sites for hydroxylation is 1. The predicted octanol–water partition coefficient (Wildman–Crippen LogP) is 1.78. The van der Waals surface area contributed by atoms with Crippen LogP contribution in [0.4, 0.5) is 5.69 Å². The van der Waals surface area contributed by atoms with Crippen LogP contribution >= 0.6 is 11.3 Å². The topological polar surface area (TPSA) is 93.1 Å². The predicted molar refractivity (Wildman–Crippen MR) is 101 cm³/mol. The summed E-state index contributed by atoms with van der Waals surface area (Å²) in [7, 11) is 0. The number of amides is 2. The van der Waals surface area contributed by atoms with E-state index in [0.29, 0.717) is 10.2 Å². The van der Waals surface area contributed by atoms with Gasteiger partial charge in [-0.3, -0.25) is 19.0 Å². The van der Waals surface area contributed by atoms with Gasteiger partial charge in [-0.2, -0.15) is 0 Å². The standard InChI is InChI=1S/C18H18N4O3S/c1-2-12-5-3-4-6-14(12)21-15(23)9-19-16(24)10-22-11-20-17-13(18(22)25)7-8-26-17/h3-8,11H,2,9-10H2,1H3,(H,19,24)(H,21,23). The highest BCUT2D eigenvalue weighted by Gasteiger charge is 2.11. The Balaban J connectivity index is 1.57. The maximum absolute atomic E-state index is 12.2. The van der Waals surface area contributed by atoms with E-state index >= 15 is 0 Å². The van der Waals surface area contributed by atoms with Gasteiger partial charge in [-0.15, -0.1) is 11.3 Å². The van der Waals surface area contributed by atoms with Crippen molar-refractivity contribution in [1.82, 2.24) is 14.9 Å². The van der Waals surface area contributed by atoms with Crippen LogP contribution in [0.3, 0.4) is 0 Å². The summed E-state index contributed by atoms with van der Waals surface area (Å²) in [4.78, 5) is 41.1. The van der Waals surface area contributed by atoms with Crippen molar-refractivity contribution < 1.29 is 9.59 Å². The molecule has 0 bridgehead atoms. The van der Waals surface area contributed by atoms with E-state index in [-0.39, 0.29) is 24.6 Å². The lowest BCUT2D eigenvalue weighted by Gasteiger charge is -2.10. The highest BCUT2D eigenvalue weighted by atomic mass is 32.1. The molecule has 0 saturated carbocycles. The molecular weight excluding hydrogens is 352 g/mol. The fraction of sp³-hybridized carbons (Fsp3) is 0.222. The molecule has 0 saturated heterocycles. The maximum atomic E-state index is 12.2. The van der Waals surface area contributed by atoms with Crippen molar-refractivity contribution in [2.75, 3.05) is 11.9 Å². The summed E-state index contributed by atoms with van der Waals surface area (Å²) in [6.45, 7) is 1.65. The van der Waals surface area contributed by atoms with Gasteiger partial charge in [0.15, 0.2) is 0 Å². The van der Waals surface area contributed by atoms with E-state index in [1.165, 1.54) is 22.2 Å². The van der Waals surface area contributed by atoms with Crippen molar-refractivity contribution in [3.8, 4) is 0 Å². The Morgan fingerprint density at radius 1 is 1.19 bits per heavy atom. The minimum absolute atomic E-state index is 0.167. The zero-order valence-corrected chi connectivity index (χ0v) is 15.0. The lowest BCUT2D eigenvalue weighted by atomic mass is 10.1. The second-order valence-electron chi connectivity index (χ2n) is 5.65. The number of fused-ring (bicyclic) bond motifs is 1. The zero-order chi connectivity index (χ0) is 18.5. The molecule has 0 unspecified atom stereocenters. The number of carbonyl (C=O) groups excluding carboxylic acids is 2. The molecule has 3 aromatic rings. The van der Waals surface area contributed by atoms with Crippen molar-refractivity contribution in [3.63, 3.8) is 0 Å². The van der Waals surface area contributed by atoms with Gasteiger partial charge in [0.25, 0.3) is 5.56 Å². The Kier molecular flexibility index (Phi) is 5.43. The van der Waals surface area contributed by atoms with E-state index in [1.807, 2.05) is 31.2 Å². The fourth-order valence-corrected chi connectivity index (χ4v) is 3.26. The number of thiophene rings is 1. The van der Waals surface area contributed by atoms with E-state index in [0.717, 1.165) is 17.7 Å². The number of anilines is 1. The van der Waals surface area contributed by atoms with Gasteiger partial charge in [-0.1, -0.05) is 25.1 Å². The van der Waals surface area contributed by atoms with Gasteiger partial charge in [0.1, 0.15) is 11.4 Å². The van der Waals surface area contributed by atoms with Crippen molar-refractivity contribution in [2.24, 2.45) is 0 Å². The minimum Gasteiger partial charge on any atom is -0.345 e. The highest BCUT2D eigenvalue weighted by molar-refractivity contribution is 7.16. The van der Waals surface area contributed by atoms with Gasteiger partial charge in [0.2, 0.25) is 11.8 Å². The summed E-state index contributed by atoms with van der Waals surface area (Å²) in [5, 5.41) is 7.57. The number of para-hydroxylation sites is 1. The van der Waals surface area contributed by atoms with Crippen molar-refractivity contribution >= 4 is 39.1 Å². The summed E-state index contributed by atoms with van der Waals surface area (Å²) < 4.78 is 1.23. The first kappa shape index (κ1) is 17.8. The molecule has 0 radical (unpaired) electrons. The van der Waals surface area contributed by atoms with Crippen LogP contribution in [0.1, 0.15) is 12.5 Å². The normalized spacial score (nSPS) is 10.7. The SMILES string of the molecule is CCc1ccccc1NC(=O)CNC(=O)Cn1cnc2sccc2c1=O. The average molecular weight is 370 g/mol. The van der Waals surface area contributed by atoms with Crippen LogP contribution in [0.25, 0.3) is 10.2 Å². The Bertz CT molecular complexity index is 1010. The van der Waals surface area contributed by atoms with E-state index in [1.54, 1.807) is 11.4 Å². The zero-order valence-electron chi connectivity index (χ0n) is 14.2. The van der Waals surface area contributed by atoms with Crippen LogP contribution in [0.15, 0.2) is 46.8 Å². The van der Waals surface area contributed by atoms with Crippen LogP contribution in [-0.4, -0.2) is 27.9 Å². The summed E-state index contributed by atoms with van der Waals surface area (Å²) in [6.07, 6.45) is 2.14. The third kappa shape index (κ3) is 3.97. The quantitative estimate of drug-likeness (QED) is 0.692. The third-order valence-electron chi connectivity index (χ3n) is 3.88. The molecule has 7 nitrogen and oxygen atoms in total. The second kappa shape index (κ2) is 7.92. The molecule has 0 aliphatic heterocycles.